The summed E-state index contributed by atoms with van der Waals surface area (Å²) in [6.45, 7) is 4.98. The minimum Gasteiger partial charge on any atom is -0.497 e. The van der Waals surface area contributed by atoms with Gasteiger partial charge in [0.1, 0.15) is 17.2 Å². The molecule has 5 nitrogen and oxygen atoms in total. The fraction of sp³-hybridized carbons (Fsp3) is 0.381. The Hall–Kier alpha value is -2.69. The molecule has 0 aliphatic carbocycles. The van der Waals surface area contributed by atoms with Crippen LogP contribution in [0.5, 0.6) is 17.2 Å². The molecule has 0 saturated carbocycles. The van der Waals surface area contributed by atoms with Gasteiger partial charge in [0.25, 0.3) is 5.91 Å². The smallest absolute Gasteiger partial charge is 0.260 e. The molecule has 0 bridgehead atoms. The summed E-state index contributed by atoms with van der Waals surface area (Å²) in [5.74, 6) is 2.07. The van der Waals surface area contributed by atoms with Crippen LogP contribution in [0.4, 0.5) is 0 Å². The molecule has 1 N–H and O–H groups in total. The molecule has 0 aromatic heterocycles. The molecule has 2 aromatic rings. The summed E-state index contributed by atoms with van der Waals surface area (Å²) in [6, 6.07) is 15.3. The minimum atomic E-state index is -0.562. The van der Waals surface area contributed by atoms with Gasteiger partial charge in [0.15, 0.2) is 6.10 Å². The lowest BCUT2D eigenvalue weighted by molar-refractivity contribution is -0.127. The van der Waals surface area contributed by atoms with E-state index in [2.05, 4.69) is 17.4 Å². The first kappa shape index (κ1) is 19.6. The highest BCUT2D eigenvalue weighted by Crippen LogP contribution is 2.20. The largest absolute Gasteiger partial charge is 0.497 e. The first-order chi connectivity index (χ1) is 12.6. The van der Waals surface area contributed by atoms with Gasteiger partial charge < -0.3 is 19.5 Å². The van der Waals surface area contributed by atoms with Crippen molar-refractivity contribution in [2.75, 3.05) is 20.3 Å². The molecule has 0 heterocycles. The Morgan fingerprint density at radius 3 is 2.50 bits per heavy atom. The fourth-order valence-electron chi connectivity index (χ4n) is 2.50. The number of amides is 1. The minimum absolute atomic E-state index is 0.125. The van der Waals surface area contributed by atoms with Crippen LogP contribution in [0, 0.1) is 0 Å². The molecular weight excluding hydrogens is 330 g/mol. The van der Waals surface area contributed by atoms with E-state index >= 15 is 0 Å². The van der Waals surface area contributed by atoms with E-state index in [0.717, 1.165) is 18.6 Å². The van der Waals surface area contributed by atoms with Gasteiger partial charge in [-0.1, -0.05) is 18.2 Å². The predicted octanol–water partition coefficient (Wildman–Crippen LogP) is 3.61. The highest BCUT2D eigenvalue weighted by atomic mass is 16.5. The summed E-state index contributed by atoms with van der Waals surface area (Å²) in [4.78, 5) is 12.1. The van der Waals surface area contributed by atoms with Crippen LogP contribution in [0.25, 0.3) is 0 Å². The Kier molecular flexibility index (Phi) is 7.80. The Bertz CT molecular complexity index is 685. The van der Waals surface area contributed by atoms with Gasteiger partial charge in [0.05, 0.1) is 13.7 Å². The van der Waals surface area contributed by atoms with Crippen LogP contribution in [-0.4, -0.2) is 32.3 Å². The molecule has 0 unspecified atom stereocenters. The van der Waals surface area contributed by atoms with Crippen LogP contribution in [0.15, 0.2) is 48.5 Å². The van der Waals surface area contributed by atoms with E-state index in [9.17, 15) is 4.79 Å². The van der Waals surface area contributed by atoms with Crippen molar-refractivity contribution in [2.24, 2.45) is 0 Å². The van der Waals surface area contributed by atoms with E-state index in [4.69, 9.17) is 14.2 Å². The molecule has 0 fully saturated rings. The molecule has 1 amide bonds. The zero-order valence-corrected chi connectivity index (χ0v) is 15.7. The number of nitrogens with one attached hydrogen (secondary N) is 1. The number of benzene rings is 2. The van der Waals surface area contributed by atoms with E-state index in [-0.39, 0.29) is 5.91 Å². The number of carbonyl (C=O) groups is 1. The number of methoxy groups -OCH3 is 1. The molecule has 0 saturated heterocycles. The molecule has 5 heteroatoms. The number of ether oxygens (including phenoxy) is 3. The summed E-state index contributed by atoms with van der Waals surface area (Å²) < 4.78 is 16.2. The second-order valence-corrected chi connectivity index (χ2v) is 5.91. The number of hydrogen-bond donors (Lipinski definition) is 1. The van der Waals surface area contributed by atoms with E-state index in [1.807, 2.05) is 31.2 Å². The van der Waals surface area contributed by atoms with Crippen LogP contribution in [-0.2, 0) is 11.2 Å². The molecule has 2 rings (SSSR count). The van der Waals surface area contributed by atoms with Crippen molar-refractivity contribution in [3.63, 3.8) is 0 Å². The number of carbonyl (C=O) groups excluding carboxylic acids is 1. The van der Waals surface area contributed by atoms with E-state index < -0.39 is 6.10 Å². The number of aryl methyl sites for hydroxylation is 1. The Morgan fingerprint density at radius 1 is 1.08 bits per heavy atom. The van der Waals surface area contributed by atoms with Crippen molar-refractivity contribution in [3.05, 3.63) is 54.1 Å². The quantitative estimate of drug-likeness (QED) is 0.660. The number of hydrogen-bond acceptors (Lipinski definition) is 4. The Labute approximate surface area is 155 Å². The van der Waals surface area contributed by atoms with Crippen LogP contribution in [0.2, 0.25) is 0 Å². The van der Waals surface area contributed by atoms with Gasteiger partial charge in [0, 0.05) is 12.6 Å². The first-order valence-corrected chi connectivity index (χ1v) is 8.92. The predicted molar refractivity (Wildman–Crippen MR) is 102 cm³/mol. The summed E-state index contributed by atoms with van der Waals surface area (Å²) in [7, 11) is 1.60. The Morgan fingerprint density at radius 2 is 1.81 bits per heavy atom. The van der Waals surface area contributed by atoms with Gasteiger partial charge in [-0.25, -0.2) is 0 Å². The fourth-order valence-corrected chi connectivity index (χ4v) is 2.50. The van der Waals surface area contributed by atoms with Crippen molar-refractivity contribution >= 4 is 5.91 Å². The van der Waals surface area contributed by atoms with E-state index in [1.54, 1.807) is 26.2 Å². The third kappa shape index (κ3) is 6.31. The summed E-state index contributed by atoms with van der Waals surface area (Å²) >= 11 is 0. The van der Waals surface area contributed by atoms with Gasteiger partial charge in [-0.05, 0) is 56.5 Å². The molecule has 0 spiro atoms. The Balaban J connectivity index is 1.70. The first-order valence-electron chi connectivity index (χ1n) is 8.92. The van der Waals surface area contributed by atoms with Gasteiger partial charge in [-0.15, -0.1) is 0 Å². The third-order valence-electron chi connectivity index (χ3n) is 3.90. The van der Waals surface area contributed by atoms with Crippen molar-refractivity contribution in [1.82, 2.24) is 5.32 Å². The van der Waals surface area contributed by atoms with E-state index in [0.29, 0.717) is 24.7 Å². The molecule has 140 valence electrons. The van der Waals surface area contributed by atoms with Crippen LogP contribution >= 0.6 is 0 Å². The van der Waals surface area contributed by atoms with Gasteiger partial charge in [0.2, 0.25) is 0 Å². The van der Waals surface area contributed by atoms with Crippen LogP contribution < -0.4 is 19.5 Å². The molecular formula is C21H27NO4. The monoisotopic (exact) mass is 357 g/mol. The molecule has 2 aromatic carbocycles. The van der Waals surface area contributed by atoms with Crippen LogP contribution in [0.1, 0.15) is 25.8 Å². The maximum absolute atomic E-state index is 12.1. The highest BCUT2D eigenvalue weighted by Gasteiger charge is 2.14. The third-order valence-corrected chi connectivity index (χ3v) is 3.90. The van der Waals surface area contributed by atoms with Crippen LogP contribution in [0.3, 0.4) is 0 Å². The zero-order chi connectivity index (χ0) is 18.8. The van der Waals surface area contributed by atoms with Crippen molar-refractivity contribution in [1.29, 1.82) is 0 Å². The molecule has 1 atom stereocenters. The lowest BCUT2D eigenvalue weighted by Crippen LogP contribution is -2.36. The lowest BCUT2D eigenvalue weighted by Gasteiger charge is -2.15. The molecule has 0 aliphatic heterocycles. The summed E-state index contributed by atoms with van der Waals surface area (Å²) in [5, 5.41) is 2.91. The van der Waals surface area contributed by atoms with Crippen molar-refractivity contribution in [2.45, 2.75) is 32.8 Å². The van der Waals surface area contributed by atoms with Gasteiger partial charge in [-0.3, -0.25) is 4.79 Å². The SMILES string of the molecule is CCOc1ccc(CCCNC(=O)[C@@H](C)Oc2cccc(OC)c2)cc1. The number of rotatable bonds is 10. The van der Waals surface area contributed by atoms with Gasteiger partial charge in [-0.2, -0.15) is 0 Å². The summed E-state index contributed by atoms with van der Waals surface area (Å²) in [5.41, 5.74) is 1.23. The molecule has 0 radical (unpaired) electrons. The maximum atomic E-state index is 12.1. The van der Waals surface area contributed by atoms with Crippen molar-refractivity contribution in [3.8, 4) is 17.2 Å². The average molecular weight is 357 g/mol. The highest BCUT2D eigenvalue weighted by molar-refractivity contribution is 5.80. The second kappa shape index (κ2) is 10.3. The summed E-state index contributed by atoms with van der Waals surface area (Å²) in [6.07, 6.45) is 1.20. The molecule has 0 aliphatic rings. The van der Waals surface area contributed by atoms with Crippen molar-refractivity contribution < 1.29 is 19.0 Å². The normalized spacial score (nSPS) is 11.5. The zero-order valence-electron chi connectivity index (χ0n) is 15.7. The second-order valence-electron chi connectivity index (χ2n) is 5.91. The average Bonchev–Trinajstić information content (AvgIpc) is 2.66. The lowest BCUT2D eigenvalue weighted by atomic mass is 10.1. The maximum Gasteiger partial charge on any atom is 0.260 e. The van der Waals surface area contributed by atoms with Gasteiger partial charge >= 0.3 is 0 Å². The van der Waals surface area contributed by atoms with E-state index in [1.165, 1.54) is 5.56 Å². The topological polar surface area (TPSA) is 56.8 Å². The molecule has 26 heavy (non-hydrogen) atoms. The standard InChI is InChI=1S/C21H27NO4/c1-4-25-18-12-10-17(11-13-18)7-6-14-22-21(23)16(2)26-20-9-5-8-19(15-20)24-3/h5,8-13,15-16H,4,6-7,14H2,1-3H3,(H,22,23)/t16-/m1/s1.